The Balaban J connectivity index is 1.21. The van der Waals surface area contributed by atoms with Gasteiger partial charge in [0.2, 0.25) is 5.95 Å². The number of fused-ring (bicyclic) bond motifs is 1. The number of aromatic nitrogens is 4. The standard InChI is InChI=1S/C25H28N6O/c1-18-7-9-20(10-8-18)17-30-13-11-19(12-14-30)15-26-25-28-23-22(24(32)29-25)16-27-31(23)21-5-3-2-4-6-21/h2-10,16,19H,11-15,17H2,1H3,(H2,26,28,29,32). The lowest BCUT2D eigenvalue weighted by Gasteiger charge is -2.32. The Hall–Kier alpha value is -3.45. The summed E-state index contributed by atoms with van der Waals surface area (Å²) in [7, 11) is 0. The van der Waals surface area contributed by atoms with Gasteiger partial charge in [-0.1, -0.05) is 48.0 Å². The normalized spacial score (nSPS) is 15.3. The van der Waals surface area contributed by atoms with Crippen LogP contribution in [0.15, 0.2) is 65.6 Å². The first-order chi connectivity index (χ1) is 15.7. The van der Waals surface area contributed by atoms with E-state index in [2.05, 4.69) is 56.5 Å². The number of nitrogens with one attached hydrogen (secondary N) is 2. The fourth-order valence-electron chi connectivity index (χ4n) is 4.30. The highest BCUT2D eigenvalue weighted by atomic mass is 16.1. The maximum Gasteiger partial charge on any atom is 0.263 e. The highest BCUT2D eigenvalue weighted by Gasteiger charge is 2.20. The molecule has 32 heavy (non-hydrogen) atoms. The molecule has 3 heterocycles. The second-order valence-electron chi connectivity index (χ2n) is 8.63. The van der Waals surface area contributed by atoms with E-state index in [1.165, 1.54) is 11.1 Å². The first-order valence-electron chi connectivity index (χ1n) is 11.2. The number of nitrogens with zero attached hydrogens (tertiary/aromatic N) is 4. The van der Waals surface area contributed by atoms with E-state index in [0.717, 1.165) is 44.7 Å². The van der Waals surface area contributed by atoms with Gasteiger partial charge in [-0.05, 0) is 56.5 Å². The highest BCUT2D eigenvalue weighted by Crippen LogP contribution is 2.20. The molecule has 2 aromatic heterocycles. The van der Waals surface area contributed by atoms with Crippen LogP contribution >= 0.6 is 0 Å². The number of anilines is 1. The Morgan fingerprint density at radius 1 is 1.06 bits per heavy atom. The number of aromatic amines is 1. The highest BCUT2D eigenvalue weighted by molar-refractivity contribution is 5.76. The summed E-state index contributed by atoms with van der Waals surface area (Å²) >= 11 is 0. The molecule has 0 radical (unpaired) electrons. The topological polar surface area (TPSA) is 78.8 Å². The molecule has 1 aliphatic rings. The van der Waals surface area contributed by atoms with Gasteiger partial charge in [0.05, 0.1) is 11.9 Å². The van der Waals surface area contributed by atoms with Crippen LogP contribution in [-0.4, -0.2) is 44.3 Å². The van der Waals surface area contributed by atoms with Crippen LogP contribution < -0.4 is 10.9 Å². The number of benzene rings is 2. The molecule has 0 aliphatic carbocycles. The third-order valence-corrected chi connectivity index (χ3v) is 6.23. The van der Waals surface area contributed by atoms with Crippen molar-refractivity contribution in [3.63, 3.8) is 0 Å². The van der Waals surface area contributed by atoms with Crippen molar-refractivity contribution in [2.75, 3.05) is 25.0 Å². The van der Waals surface area contributed by atoms with E-state index in [-0.39, 0.29) is 5.56 Å². The van der Waals surface area contributed by atoms with Crippen LogP contribution in [0, 0.1) is 12.8 Å². The molecule has 1 fully saturated rings. The molecule has 0 spiro atoms. The number of rotatable bonds is 6. The van der Waals surface area contributed by atoms with E-state index in [0.29, 0.717) is 22.9 Å². The van der Waals surface area contributed by atoms with E-state index in [9.17, 15) is 4.79 Å². The van der Waals surface area contributed by atoms with Gasteiger partial charge in [0, 0.05) is 13.1 Å². The average molecular weight is 429 g/mol. The van der Waals surface area contributed by atoms with Crippen LogP contribution in [0.5, 0.6) is 0 Å². The maximum absolute atomic E-state index is 12.5. The lowest BCUT2D eigenvalue weighted by molar-refractivity contribution is 0.182. The lowest BCUT2D eigenvalue weighted by Crippen LogP contribution is -2.35. The molecule has 0 amide bonds. The van der Waals surface area contributed by atoms with Crippen molar-refractivity contribution in [2.45, 2.75) is 26.3 Å². The van der Waals surface area contributed by atoms with Crippen molar-refractivity contribution in [3.05, 3.63) is 82.3 Å². The van der Waals surface area contributed by atoms with Crippen LogP contribution in [0.2, 0.25) is 0 Å². The Labute approximate surface area is 187 Å². The molecule has 164 valence electrons. The first kappa shape index (κ1) is 20.5. The number of piperidine rings is 1. The monoisotopic (exact) mass is 428 g/mol. The molecule has 1 saturated heterocycles. The minimum Gasteiger partial charge on any atom is -0.355 e. The van der Waals surface area contributed by atoms with Gasteiger partial charge in [-0.25, -0.2) is 4.68 Å². The van der Waals surface area contributed by atoms with Crippen LogP contribution in [-0.2, 0) is 6.54 Å². The van der Waals surface area contributed by atoms with Gasteiger partial charge < -0.3 is 5.32 Å². The summed E-state index contributed by atoms with van der Waals surface area (Å²) in [6.07, 6.45) is 3.84. The van der Waals surface area contributed by atoms with E-state index in [1.807, 2.05) is 30.3 Å². The summed E-state index contributed by atoms with van der Waals surface area (Å²) in [5.41, 5.74) is 3.95. The van der Waals surface area contributed by atoms with E-state index < -0.39 is 0 Å². The second-order valence-corrected chi connectivity index (χ2v) is 8.63. The fourth-order valence-corrected chi connectivity index (χ4v) is 4.30. The minimum atomic E-state index is -0.174. The number of para-hydroxylation sites is 1. The summed E-state index contributed by atoms with van der Waals surface area (Å²) in [4.78, 5) is 22.6. The fraction of sp³-hybridized carbons (Fsp3) is 0.320. The number of aryl methyl sites for hydroxylation is 1. The zero-order chi connectivity index (χ0) is 21.9. The van der Waals surface area contributed by atoms with Gasteiger partial charge in [-0.3, -0.25) is 14.7 Å². The first-order valence-corrected chi connectivity index (χ1v) is 11.2. The van der Waals surface area contributed by atoms with Gasteiger partial charge in [-0.15, -0.1) is 0 Å². The maximum atomic E-state index is 12.5. The Morgan fingerprint density at radius 3 is 2.56 bits per heavy atom. The summed E-state index contributed by atoms with van der Waals surface area (Å²) in [5, 5.41) is 8.22. The molecule has 0 atom stereocenters. The van der Waals surface area contributed by atoms with Crippen molar-refractivity contribution in [1.29, 1.82) is 0 Å². The predicted molar refractivity (Wildman–Crippen MR) is 127 cm³/mol. The van der Waals surface area contributed by atoms with Gasteiger partial charge in [0.15, 0.2) is 5.65 Å². The number of hydrogen-bond donors (Lipinski definition) is 2. The third-order valence-electron chi connectivity index (χ3n) is 6.23. The molecular weight excluding hydrogens is 400 g/mol. The van der Waals surface area contributed by atoms with Gasteiger partial charge in [-0.2, -0.15) is 10.1 Å². The molecule has 4 aromatic rings. The van der Waals surface area contributed by atoms with Crippen LogP contribution in [0.25, 0.3) is 16.7 Å². The van der Waals surface area contributed by atoms with Crippen molar-refractivity contribution < 1.29 is 0 Å². The Kier molecular flexibility index (Phi) is 5.73. The molecule has 7 heteroatoms. The van der Waals surface area contributed by atoms with E-state index in [1.54, 1.807) is 10.9 Å². The van der Waals surface area contributed by atoms with E-state index >= 15 is 0 Å². The van der Waals surface area contributed by atoms with Crippen molar-refractivity contribution >= 4 is 17.0 Å². The summed E-state index contributed by atoms with van der Waals surface area (Å²) in [5.74, 6) is 1.06. The summed E-state index contributed by atoms with van der Waals surface area (Å²) < 4.78 is 1.71. The van der Waals surface area contributed by atoms with Crippen LogP contribution in [0.3, 0.4) is 0 Å². The largest absolute Gasteiger partial charge is 0.355 e. The zero-order valence-corrected chi connectivity index (χ0v) is 18.3. The third kappa shape index (κ3) is 4.43. The minimum absolute atomic E-state index is 0.174. The predicted octanol–water partition coefficient (Wildman–Crippen LogP) is 3.74. The average Bonchev–Trinajstić information content (AvgIpc) is 3.25. The molecule has 0 unspecified atom stereocenters. The number of H-pyrrole nitrogens is 1. The lowest BCUT2D eigenvalue weighted by atomic mass is 9.96. The molecule has 0 saturated carbocycles. The van der Waals surface area contributed by atoms with Gasteiger partial charge in [0.1, 0.15) is 5.39 Å². The van der Waals surface area contributed by atoms with Crippen molar-refractivity contribution in [2.24, 2.45) is 5.92 Å². The van der Waals surface area contributed by atoms with Crippen LogP contribution in [0.1, 0.15) is 24.0 Å². The van der Waals surface area contributed by atoms with Crippen molar-refractivity contribution in [3.8, 4) is 5.69 Å². The molecule has 2 N–H and O–H groups in total. The van der Waals surface area contributed by atoms with Gasteiger partial charge >= 0.3 is 0 Å². The molecule has 7 nitrogen and oxygen atoms in total. The second kappa shape index (κ2) is 8.96. The molecule has 2 aromatic carbocycles. The summed E-state index contributed by atoms with van der Waals surface area (Å²) in [6, 6.07) is 18.6. The van der Waals surface area contributed by atoms with E-state index in [4.69, 9.17) is 0 Å². The number of hydrogen-bond acceptors (Lipinski definition) is 5. The SMILES string of the molecule is Cc1ccc(CN2CCC(CNc3nc4c(cnn4-c4ccccc4)c(=O)[nH]3)CC2)cc1. The Bertz CT molecular complexity index is 1240. The zero-order valence-electron chi connectivity index (χ0n) is 18.3. The van der Waals surface area contributed by atoms with Gasteiger partial charge in [0.25, 0.3) is 5.56 Å². The summed E-state index contributed by atoms with van der Waals surface area (Å²) in [6.45, 7) is 6.10. The molecular formula is C25H28N6O. The molecule has 5 rings (SSSR count). The quantitative estimate of drug-likeness (QED) is 0.489. The smallest absolute Gasteiger partial charge is 0.263 e. The molecule has 1 aliphatic heterocycles. The Morgan fingerprint density at radius 2 is 1.81 bits per heavy atom. The van der Waals surface area contributed by atoms with Crippen LogP contribution in [0.4, 0.5) is 5.95 Å². The molecule has 0 bridgehead atoms. The number of likely N-dealkylation sites (tertiary alicyclic amines) is 1. The van der Waals surface area contributed by atoms with Crippen molar-refractivity contribution in [1.82, 2.24) is 24.6 Å².